The summed E-state index contributed by atoms with van der Waals surface area (Å²) >= 11 is 1.22. The zero-order valence-electron chi connectivity index (χ0n) is 24.5. The molecule has 1 aliphatic carbocycles. The number of anilines is 1. The molecule has 0 atom stereocenters. The molecule has 224 valence electrons. The van der Waals surface area contributed by atoms with E-state index in [9.17, 15) is 9.59 Å². The van der Waals surface area contributed by atoms with Crippen LogP contribution in [0, 0.1) is 12.7 Å². The fourth-order valence-electron chi connectivity index (χ4n) is 5.05. The number of benzene rings is 2. The molecule has 0 aliphatic heterocycles. The van der Waals surface area contributed by atoms with Crippen LogP contribution in [0.2, 0.25) is 0 Å². The van der Waals surface area contributed by atoms with E-state index in [1.165, 1.54) is 31.0 Å². The number of aryl methyl sites for hydroxylation is 1. The zero-order valence-corrected chi connectivity index (χ0v) is 25.3. The second kappa shape index (κ2) is 12.0. The molecule has 1 fully saturated rings. The van der Waals surface area contributed by atoms with Gasteiger partial charge in [-0.25, -0.2) is 9.37 Å². The molecule has 11 heteroatoms. The zero-order chi connectivity index (χ0) is 31.0. The monoisotopic (exact) mass is 612 g/mol. The highest BCUT2D eigenvalue weighted by atomic mass is 32.2. The second-order valence-electron chi connectivity index (χ2n) is 10.3. The molecule has 1 saturated carbocycles. The number of methoxy groups -OCH3 is 3. The molecule has 3 aromatic heterocycles. The van der Waals surface area contributed by atoms with E-state index in [4.69, 9.17) is 14.2 Å². The van der Waals surface area contributed by atoms with Crippen LogP contribution in [0.3, 0.4) is 0 Å². The van der Waals surface area contributed by atoms with Crippen LogP contribution in [-0.2, 0) is 0 Å². The van der Waals surface area contributed by atoms with Crippen molar-refractivity contribution in [3.63, 3.8) is 0 Å². The molecular weight excluding hydrogens is 583 g/mol. The summed E-state index contributed by atoms with van der Waals surface area (Å²) in [5.74, 6) is 0.593. The molecule has 3 heterocycles. The lowest BCUT2D eigenvalue weighted by atomic mass is 10.1. The molecule has 9 nitrogen and oxygen atoms in total. The van der Waals surface area contributed by atoms with E-state index in [0.717, 1.165) is 34.4 Å². The lowest BCUT2D eigenvalue weighted by Gasteiger charge is -2.16. The van der Waals surface area contributed by atoms with E-state index < -0.39 is 17.3 Å². The summed E-state index contributed by atoms with van der Waals surface area (Å²) < 4.78 is 32.9. The van der Waals surface area contributed by atoms with Gasteiger partial charge in [0.15, 0.2) is 11.5 Å². The van der Waals surface area contributed by atoms with Crippen LogP contribution in [0.15, 0.2) is 81.6 Å². The number of carbonyl (C=O) groups excluding carboxylic acids is 1. The number of nitrogens with zero attached hydrogens (tertiary/aromatic N) is 3. The molecule has 0 unspecified atom stereocenters. The van der Waals surface area contributed by atoms with E-state index in [1.807, 2.05) is 13.0 Å². The Morgan fingerprint density at radius 3 is 2.41 bits per heavy atom. The molecule has 1 aliphatic rings. The number of hydrogen-bond acceptors (Lipinski definition) is 8. The predicted octanol–water partition coefficient (Wildman–Crippen LogP) is 6.53. The molecule has 0 radical (unpaired) electrons. The Morgan fingerprint density at radius 2 is 1.73 bits per heavy atom. The maximum Gasteiger partial charge on any atom is 0.268 e. The molecule has 1 N–H and O–H groups in total. The summed E-state index contributed by atoms with van der Waals surface area (Å²) in [6.45, 7) is 1.86. The predicted molar refractivity (Wildman–Crippen MR) is 166 cm³/mol. The molecule has 2 aromatic carbocycles. The van der Waals surface area contributed by atoms with Crippen molar-refractivity contribution in [2.45, 2.75) is 35.5 Å². The molecule has 0 spiro atoms. The van der Waals surface area contributed by atoms with Crippen molar-refractivity contribution in [2.75, 3.05) is 26.6 Å². The minimum absolute atomic E-state index is 0.0592. The number of carbonyl (C=O) groups is 1. The highest BCUT2D eigenvalue weighted by Gasteiger charge is 2.29. The van der Waals surface area contributed by atoms with E-state index in [2.05, 4.69) is 15.3 Å². The van der Waals surface area contributed by atoms with Gasteiger partial charge >= 0.3 is 0 Å². The maximum absolute atomic E-state index is 15.4. The Balaban J connectivity index is 1.27. The summed E-state index contributed by atoms with van der Waals surface area (Å²) in [5.41, 5.74) is 2.57. The van der Waals surface area contributed by atoms with Gasteiger partial charge in [-0.15, -0.1) is 0 Å². The smallest absolute Gasteiger partial charge is 0.268 e. The number of pyridine rings is 3. The summed E-state index contributed by atoms with van der Waals surface area (Å²) in [4.78, 5) is 36.9. The summed E-state index contributed by atoms with van der Waals surface area (Å²) in [6.07, 6.45) is 5.16. The van der Waals surface area contributed by atoms with Crippen molar-refractivity contribution in [1.82, 2.24) is 14.5 Å². The quantitative estimate of drug-likeness (QED) is 0.200. The van der Waals surface area contributed by atoms with Crippen LogP contribution in [0.5, 0.6) is 17.4 Å². The average molecular weight is 613 g/mol. The third-order valence-electron chi connectivity index (χ3n) is 7.48. The van der Waals surface area contributed by atoms with Gasteiger partial charge in [0.05, 0.1) is 38.7 Å². The lowest BCUT2D eigenvalue weighted by Crippen LogP contribution is -2.30. The Morgan fingerprint density at radius 1 is 0.955 bits per heavy atom. The minimum Gasteiger partial charge on any atom is -0.493 e. The first-order valence-electron chi connectivity index (χ1n) is 13.9. The Bertz CT molecular complexity index is 1980. The summed E-state index contributed by atoms with van der Waals surface area (Å²) in [5, 5.41) is 3.46. The van der Waals surface area contributed by atoms with E-state index in [1.54, 1.807) is 67.6 Å². The van der Waals surface area contributed by atoms with E-state index in [0.29, 0.717) is 33.5 Å². The topological polar surface area (TPSA) is 105 Å². The number of ether oxygens (including phenoxy) is 3. The van der Waals surface area contributed by atoms with Crippen LogP contribution >= 0.6 is 11.8 Å². The van der Waals surface area contributed by atoms with Crippen molar-refractivity contribution in [3.05, 3.63) is 100.0 Å². The van der Waals surface area contributed by atoms with Gasteiger partial charge in [0, 0.05) is 44.9 Å². The van der Waals surface area contributed by atoms with Gasteiger partial charge in [0.25, 0.3) is 11.5 Å². The van der Waals surface area contributed by atoms with Gasteiger partial charge in [-0.05, 0) is 73.7 Å². The van der Waals surface area contributed by atoms with Gasteiger partial charge < -0.3 is 19.5 Å². The third-order valence-corrected chi connectivity index (χ3v) is 8.60. The lowest BCUT2D eigenvalue weighted by molar-refractivity contribution is 0.102. The van der Waals surface area contributed by atoms with E-state index in [-0.39, 0.29) is 17.2 Å². The number of hydrogen-bond donors (Lipinski definition) is 1. The van der Waals surface area contributed by atoms with Crippen molar-refractivity contribution in [1.29, 1.82) is 0 Å². The van der Waals surface area contributed by atoms with Gasteiger partial charge in [-0.2, -0.15) is 0 Å². The Kier molecular flexibility index (Phi) is 7.96. The third kappa shape index (κ3) is 5.58. The SMILES string of the molecule is COc1cc(C)c(-n2c(C3CC3)ccc(C(=O)Nc3ccc(Sc4ccnc5cc(OC)c(OC)cc45)c(F)c3)c2=O)cn1. The van der Waals surface area contributed by atoms with Gasteiger partial charge in [-0.3, -0.25) is 19.1 Å². The largest absolute Gasteiger partial charge is 0.493 e. The number of nitrogens with one attached hydrogen (secondary N) is 1. The number of amides is 1. The number of fused-ring (bicyclic) bond motifs is 1. The molecule has 0 bridgehead atoms. The molecule has 1 amide bonds. The molecule has 6 rings (SSSR count). The van der Waals surface area contributed by atoms with Crippen molar-refractivity contribution in [2.24, 2.45) is 0 Å². The van der Waals surface area contributed by atoms with Crippen molar-refractivity contribution < 1.29 is 23.4 Å². The number of rotatable bonds is 9. The van der Waals surface area contributed by atoms with Crippen LogP contribution in [0.4, 0.5) is 10.1 Å². The highest BCUT2D eigenvalue weighted by Crippen LogP contribution is 2.41. The Hall–Kier alpha value is -4.90. The first-order valence-corrected chi connectivity index (χ1v) is 14.7. The number of halogens is 1. The second-order valence-corrected chi connectivity index (χ2v) is 11.4. The van der Waals surface area contributed by atoms with Gasteiger partial charge in [0.1, 0.15) is 11.4 Å². The first-order chi connectivity index (χ1) is 21.3. The van der Waals surface area contributed by atoms with Crippen LogP contribution in [0.1, 0.15) is 40.4 Å². The fraction of sp³-hybridized carbons (Fsp3) is 0.212. The minimum atomic E-state index is -0.633. The van der Waals surface area contributed by atoms with E-state index >= 15 is 4.39 Å². The normalized spacial score (nSPS) is 12.7. The molecular formula is C33H29FN4O5S. The first kappa shape index (κ1) is 29.2. The molecule has 0 saturated heterocycles. The molecule has 44 heavy (non-hydrogen) atoms. The maximum atomic E-state index is 15.4. The fourth-order valence-corrected chi connectivity index (χ4v) is 5.99. The van der Waals surface area contributed by atoms with Crippen molar-refractivity contribution in [3.8, 4) is 23.1 Å². The molecule has 5 aromatic rings. The highest BCUT2D eigenvalue weighted by molar-refractivity contribution is 7.99. The van der Waals surface area contributed by atoms with Crippen LogP contribution < -0.4 is 25.1 Å². The number of aromatic nitrogens is 3. The van der Waals surface area contributed by atoms with Crippen LogP contribution in [-0.4, -0.2) is 41.8 Å². The van der Waals surface area contributed by atoms with Crippen molar-refractivity contribution >= 4 is 34.3 Å². The average Bonchev–Trinajstić information content (AvgIpc) is 3.87. The summed E-state index contributed by atoms with van der Waals surface area (Å²) in [7, 11) is 4.63. The summed E-state index contributed by atoms with van der Waals surface area (Å²) in [6, 6.07) is 14.9. The van der Waals surface area contributed by atoms with Gasteiger partial charge in [-0.1, -0.05) is 11.8 Å². The van der Waals surface area contributed by atoms with Gasteiger partial charge in [0.2, 0.25) is 5.88 Å². The Labute approximate surface area is 257 Å². The van der Waals surface area contributed by atoms with Crippen LogP contribution in [0.25, 0.3) is 16.6 Å². The standard InChI is InChI=1S/C33H29FN4O5S/c1-18-13-31(43-4)36-17-26(18)38-25(19-5-6-19)9-8-21(33(38)40)32(39)37-20-7-10-30(23(34)14-20)44-29-11-12-35-24-16-28(42-3)27(41-2)15-22(24)29/h7-17,19H,5-6H2,1-4H3,(H,37,39).